The fourth-order valence-electron chi connectivity index (χ4n) is 4.83. The second-order valence-corrected chi connectivity index (χ2v) is 9.74. The molecule has 172 valence electrons. The van der Waals surface area contributed by atoms with Gasteiger partial charge in [-0.15, -0.1) is 0 Å². The van der Waals surface area contributed by atoms with Gasteiger partial charge >= 0.3 is 0 Å². The number of nitrogens with zero attached hydrogens (tertiary/aromatic N) is 1. The smallest absolute Gasteiger partial charge is 0.121 e. The van der Waals surface area contributed by atoms with Crippen LogP contribution in [0.1, 0.15) is 11.1 Å². The van der Waals surface area contributed by atoms with Crippen LogP contribution >= 0.6 is 23.2 Å². The highest BCUT2D eigenvalue weighted by atomic mass is 35.5. The summed E-state index contributed by atoms with van der Waals surface area (Å²) in [6, 6.07) is 32.7. The predicted molar refractivity (Wildman–Crippen MR) is 142 cm³/mol. The van der Waals surface area contributed by atoms with Gasteiger partial charge in [-0.2, -0.15) is 0 Å². The minimum atomic E-state index is -0.521. The number of aliphatic hydroxyl groups excluding tert-OH is 1. The molecule has 1 heterocycles. The quantitative estimate of drug-likeness (QED) is 0.285. The van der Waals surface area contributed by atoms with E-state index in [9.17, 15) is 5.11 Å². The Bertz CT molecular complexity index is 1300. The molecule has 5 rings (SSSR count). The van der Waals surface area contributed by atoms with Crippen molar-refractivity contribution in [1.29, 1.82) is 0 Å². The lowest BCUT2D eigenvalue weighted by Crippen LogP contribution is -3.10. The van der Waals surface area contributed by atoms with E-state index in [0.29, 0.717) is 23.1 Å². The van der Waals surface area contributed by atoms with Gasteiger partial charge in [-0.25, -0.2) is 0 Å². The Kier molecular flexibility index (Phi) is 6.89. The Morgan fingerprint density at radius 2 is 1.15 bits per heavy atom. The number of aromatic nitrogens is 1. The fourth-order valence-corrected chi connectivity index (χ4v) is 5.17. The molecule has 0 bridgehead atoms. The van der Waals surface area contributed by atoms with Crippen LogP contribution in [0.2, 0.25) is 10.0 Å². The number of benzene rings is 4. The molecule has 4 aromatic carbocycles. The summed E-state index contributed by atoms with van der Waals surface area (Å²) in [5.41, 5.74) is 4.63. The van der Waals surface area contributed by atoms with Gasteiger partial charge in [-0.3, -0.25) is 0 Å². The molecule has 0 aliphatic heterocycles. The molecule has 0 saturated carbocycles. The van der Waals surface area contributed by atoms with Crippen molar-refractivity contribution in [3.05, 3.63) is 118 Å². The van der Waals surface area contributed by atoms with Gasteiger partial charge in [-0.1, -0.05) is 83.9 Å². The van der Waals surface area contributed by atoms with Crippen LogP contribution in [0.25, 0.3) is 21.8 Å². The van der Waals surface area contributed by atoms with Gasteiger partial charge in [0.15, 0.2) is 0 Å². The highest BCUT2D eigenvalue weighted by Gasteiger charge is 2.20. The Morgan fingerprint density at radius 1 is 0.676 bits per heavy atom. The second-order valence-electron chi connectivity index (χ2n) is 8.87. The highest BCUT2D eigenvalue weighted by molar-refractivity contribution is 6.33. The van der Waals surface area contributed by atoms with E-state index in [1.807, 2.05) is 48.5 Å². The Labute approximate surface area is 209 Å². The molecule has 0 spiro atoms. The summed E-state index contributed by atoms with van der Waals surface area (Å²) in [7, 11) is 0. The van der Waals surface area contributed by atoms with Crippen LogP contribution in [0.3, 0.4) is 0 Å². The summed E-state index contributed by atoms with van der Waals surface area (Å²) in [6.07, 6.45) is -0.521. The minimum Gasteiger partial charge on any atom is -0.385 e. The number of aliphatic hydroxyl groups is 1. The number of nitrogens with one attached hydrogen (secondary N) is 1. The van der Waals surface area contributed by atoms with Gasteiger partial charge in [0.25, 0.3) is 0 Å². The van der Waals surface area contributed by atoms with Crippen molar-refractivity contribution < 1.29 is 10.0 Å². The van der Waals surface area contributed by atoms with Crippen LogP contribution in [-0.2, 0) is 19.6 Å². The Balaban J connectivity index is 1.43. The Morgan fingerprint density at radius 3 is 1.62 bits per heavy atom. The van der Waals surface area contributed by atoms with Crippen molar-refractivity contribution >= 4 is 45.0 Å². The highest BCUT2D eigenvalue weighted by Crippen LogP contribution is 2.33. The van der Waals surface area contributed by atoms with Gasteiger partial charge in [0.2, 0.25) is 0 Å². The molecule has 0 radical (unpaired) electrons. The molecule has 2 N–H and O–H groups in total. The van der Waals surface area contributed by atoms with E-state index < -0.39 is 6.10 Å². The molecule has 1 atom stereocenters. The summed E-state index contributed by atoms with van der Waals surface area (Å²) >= 11 is 12.6. The van der Waals surface area contributed by atoms with Gasteiger partial charge in [-0.05, 0) is 36.4 Å². The third-order valence-corrected chi connectivity index (χ3v) is 6.77. The summed E-state index contributed by atoms with van der Waals surface area (Å²) in [5.74, 6) is 0. The molecule has 0 aliphatic rings. The first-order valence-corrected chi connectivity index (χ1v) is 12.3. The molecule has 3 nitrogen and oxygen atoms in total. The third-order valence-electron chi connectivity index (χ3n) is 6.30. The van der Waals surface area contributed by atoms with E-state index in [1.165, 1.54) is 16.0 Å². The van der Waals surface area contributed by atoms with Gasteiger partial charge in [0, 0.05) is 43.0 Å². The normalized spacial score (nSPS) is 12.6. The van der Waals surface area contributed by atoms with E-state index in [2.05, 4.69) is 53.1 Å². The molecule has 5 heteroatoms. The topological polar surface area (TPSA) is 29.6 Å². The first-order chi connectivity index (χ1) is 16.6. The van der Waals surface area contributed by atoms with E-state index >= 15 is 0 Å². The average Bonchev–Trinajstić information content (AvgIpc) is 3.12. The lowest BCUT2D eigenvalue weighted by Gasteiger charge is -2.23. The molecule has 5 aromatic rings. The molecule has 1 aromatic heterocycles. The van der Waals surface area contributed by atoms with Crippen molar-refractivity contribution in [2.75, 3.05) is 6.54 Å². The molecule has 34 heavy (non-hydrogen) atoms. The van der Waals surface area contributed by atoms with Gasteiger partial charge < -0.3 is 14.6 Å². The Hall–Kier alpha value is -2.82. The number of halogens is 2. The van der Waals surface area contributed by atoms with Crippen LogP contribution in [-0.4, -0.2) is 22.3 Å². The zero-order chi connectivity index (χ0) is 23.5. The third kappa shape index (κ3) is 5.13. The molecule has 0 amide bonds. The maximum absolute atomic E-state index is 11.3. The maximum atomic E-state index is 11.3. The van der Waals surface area contributed by atoms with E-state index in [0.717, 1.165) is 34.9 Å². The summed E-state index contributed by atoms with van der Waals surface area (Å²) in [6.45, 7) is 2.83. The summed E-state index contributed by atoms with van der Waals surface area (Å²) in [5, 5.41) is 14.8. The predicted octanol–water partition coefficient (Wildman–Crippen LogP) is 5.75. The first kappa shape index (κ1) is 22.9. The molecule has 0 unspecified atom stereocenters. The zero-order valence-corrected chi connectivity index (χ0v) is 20.3. The van der Waals surface area contributed by atoms with Crippen LogP contribution < -0.4 is 4.90 Å². The number of hydrogen-bond donors (Lipinski definition) is 2. The molecule has 0 aliphatic carbocycles. The zero-order valence-electron chi connectivity index (χ0n) is 18.8. The summed E-state index contributed by atoms with van der Waals surface area (Å²) < 4.78 is 2.19. The standard InChI is InChI=1S/C29H26Cl2N2O/c30-23-11-13-28-26(15-23)27-16-24(31)12-14-29(27)33(28)20-25(34)19-32(17-21-7-3-1-4-8-21)18-22-9-5-2-6-10-22/h1-16,25,34H,17-20H2/p+1/t25-/m1/s1. The lowest BCUT2D eigenvalue weighted by atomic mass is 10.1. The van der Waals surface area contributed by atoms with E-state index in [1.54, 1.807) is 0 Å². The average molecular weight is 490 g/mol. The fraction of sp³-hybridized carbons (Fsp3) is 0.172. The van der Waals surface area contributed by atoms with Crippen LogP contribution in [0, 0.1) is 0 Å². The lowest BCUT2D eigenvalue weighted by molar-refractivity contribution is -0.930. The van der Waals surface area contributed by atoms with Gasteiger partial charge in [0.05, 0.1) is 6.54 Å². The summed E-state index contributed by atoms with van der Waals surface area (Å²) in [4.78, 5) is 1.32. The first-order valence-electron chi connectivity index (χ1n) is 11.5. The monoisotopic (exact) mass is 489 g/mol. The molecular weight excluding hydrogens is 463 g/mol. The van der Waals surface area contributed by atoms with Crippen molar-refractivity contribution in [3.63, 3.8) is 0 Å². The van der Waals surface area contributed by atoms with Crippen molar-refractivity contribution in [2.24, 2.45) is 0 Å². The SMILES string of the molecule is O[C@@H](Cn1c2ccc(Cl)cc2c2cc(Cl)ccc21)C[NH+](Cc1ccccc1)Cc1ccccc1. The largest absolute Gasteiger partial charge is 0.385 e. The van der Waals surface area contributed by atoms with Crippen LogP contribution in [0.5, 0.6) is 0 Å². The van der Waals surface area contributed by atoms with Crippen molar-refractivity contribution in [3.8, 4) is 0 Å². The second kappa shape index (κ2) is 10.2. The maximum Gasteiger partial charge on any atom is 0.121 e. The molecule has 0 saturated heterocycles. The van der Waals surface area contributed by atoms with Crippen molar-refractivity contribution in [2.45, 2.75) is 25.7 Å². The minimum absolute atomic E-state index is 0.496. The van der Waals surface area contributed by atoms with Crippen molar-refractivity contribution in [1.82, 2.24) is 4.57 Å². The van der Waals surface area contributed by atoms with E-state index in [-0.39, 0.29) is 0 Å². The number of hydrogen-bond acceptors (Lipinski definition) is 1. The van der Waals surface area contributed by atoms with Crippen LogP contribution in [0.15, 0.2) is 97.1 Å². The molecular formula is C29H27Cl2N2O+. The molecule has 0 fully saturated rings. The van der Waals surface area contributed by atoms with E-state index in [4.69, 9.17) is 23.2 Å². The van der Waals surface area contributed by atoms with Gasteiger partial charge in [0.1, 0.15) is 25.7 Å². The number of quaternary nitrogens is 1. The van der Waals surface area contributed by atoms with Crippen LogP contribution in [0.4, 0.5) is 0 Å². The number of rotatable bonds is 8. The number of fused-ring (bicyclic) bond motifs is 3.